The molecule has 128 valence electrons. The molecule has 1 aromatic rings. The predicted octanol–water partition coefficient (Wildman–Crippen LogP) is 7.06. The lowest BCUT2D eigenvalue weighted by atomic mass is 9.71. The summed E-state index contributed by atoms with van der Waals surface area (Å²) in [6, 6.07) is 0. The number of unbranched alkanes of at least 4 members (excludes halogenated alkanes) is 3. The molecule has 0 aromatic heterocycles. The predicted molar refractivity (Wildman–Crippen MR) is 105 cm³/mol. The van der Waals surface area contributed by atoms with Crippen LogP contribution in [0.3, 0.4) is 0 Å². The third-order valence-corrected chi connectivity index (χ3v) is 7.49. The SMILES string of the molecule is CCCCCCC(C)(CC)c1c2c(c(Br)c3c1CCC3)CCC2. The summed E-state index contributed by atoms with van der Waals surface area (Å²) in [5, 5.41) is 0. The molecular weight excluding hydrogens is 344 g/mol. The van der Waals surface area contributed by atoms with Crippen LogP contribution in [0.2, 0.25) is 0 Å². The Labute approximate surface area is 151 Å². The van der Waals surface area contributed by atoms with Crippen molar-refractivity contribution in [3.8, 4) is 0 Å². The first-order valence-corrected chi connectivity index (χ1v) is 10.8. The molecule has 0 bridgehead atoms. The van der Waals surface area contributed by atoms with Gasteiger partial charge in [0.2, 0.25) is 0 Å². The molecule has 23 heavy (non-hydrogen) atoms. The van der Waals surface area contributed by atoms with Crippen molar-refractivity contribution in [3.05, 3.63) is 32.3 Å². The lowest BCUT2D eigenvalue weighted by Gasteiger charge is -2.34. The highest BCUT2D eigenvalue weighted by molar-refractivity contribution is 9.10. The van der Waals surface area contributed by atoms with Gasteiger partial charge in [0.15, 0.2) is 0 Å². The first-order valence-electron chi connectivity index (χ1n) is 9.97. The molecule has 0 aliphatic heterocycles. The van der Waals surface area contributed by atoms with Crippen LogP contribution in [0.5, 0.6) is 0 Å². The van der Waals surface area contributed by atoms with Gasteiger partial charge in [0, 0.05) is 4.47 Å². The zero-order chi connectivity index (χ0) is 16.4. The van der Waals surface area contributed by atoms with E-state index in [-0.39, 0.29) is 0 Å². The standard InChI is InChI=1S/C22H33Br/c1-4-6-7-8-15-22(3,5-2)20-16-11-9-13-18(16)21(23)19-14-10-12-17(19)20/h4-15H2,1-3H3. The summed E-state index contributed by atoms with van der Waals surface area (Å²) in [4.78, 5) is 0. The Kier molecular flexibility index (Phi) is 5.56. The smallest absolute Gasteiger partial charge is 0.0245 e. The van der Waals surface area contributed by atoms with E-state index in [9.17, 15) is 0 Å². The summed E-state index contributed by atoms with van der Waals surface area (Å²) in [5.41, 5.74) is 9.05. The van der Waals surface area contributed by atoms with Crippen molar-refractivity contribution < 1.29 is 0 Å². The highest BCUT2D eigenvalue weighted by atomic mass is 79.9. The van der Waals surface area contributed by atoms with Crippen molar-refractivity contribution >= 4 is 15.9 Å². The molecule has 2 aliphatic rings. The third kappa shape index (κ3) is 3.15. The largest absolute Gasteiger partial charge is 0.0654 e. The Morgan fingerprint density at radius 1 is 0.826 bits per heavy atom. The fourth-order valence-corrected chi connectivity index (χ4v) is 5.91. The lowest BCUT2D eigenvalue weighted by Crippen LogP contribution is -2.25. The molecule has 0 heterocycles. The second kappa shape index (κ2) is 7.30. The van der Waals surface area contributed by atoms with Gasteiger partial charge in [-0.15, -0.1) is 0 Å². The monoisotopic (exact) mass is 376 g/mol. The van der Waals surface area contributed by atoms with E-state index in [1.807, 2.05) is 0 Å². The van der Waals surface area contributed by atoms with Gasteiger partial charge in [-0.05, 0) is 84.6 Å². The maximum Gasteiger partial charge on any atom is 0.0245 e. The van der Waals surface area contributed by atoms with E-state index in [1.54, 1.807) is 27.8 Å². The second-order valence-electron chi connectivity index (χ2n) is 8.04. The van der Waals surface area contributed by atoms with Crippen LogP contribution in [0, 0.1) is 0 Å². The lowest BCUT2D eigenvalue weighted by molar-refractivity contribution is 0.391. The van der Waals surface area contributed by atoms with Gasteiger partial charge < -0.3 is 0 Å². The minimum atomic E-state index is 0.400. The first kappa shape index (κ1) is 17.5. The number of fused-ring (bicyclic) bond motifs is 2. The molecule has 1 atom stereocenters. The van der Waals surface area contributed by atoms with E-state index in [1.165, 1.54) is 81.5 Å². The molecule has 0 radical (unpaired) electrons. The minimum absolute atomic E-state index is 0.400. The average molecular weight is 377 g/mol. The second-order valence-corrected chi connectivity index (χ2v) is 8.83. The van der Waals surface area contributed by atoms with Gasteiger partial charge in [0.25, 0.3) is 0 Å². The summed E-state index contributed by atoms with van der Waals surface area (Å²) in [5.74, 6) is 0. The number of halogens is 1. The van der Waals surface area contributed by atoms with Gasteiger partial charge in [-0.3, -0.25) is 0 Å². The van der Waals surface area contributed by atoms with Gasteiger partial charge in [-0.25, -0.2) is 0 Å². The molecule has 1 aromatic carbocycles. The Balaban J connectivity index is 2.00. The molecule has 0 fully saturated rings. The van der Waals surface area contributed by atoms with Gasteiger partial charge >= 0.3 is 0 Å². The molecule has 1 heteroatoms. The number of hydrogen-bond donors (Lipinski definition) is 0. The van der Waals surface area contributed by atoms with E-state index in [0.717, 1.165) is 0 Å². The fourth-order valence-electron chi connectivity index (χ4n) is 5.04. The number of hydrogen-bond acceptors (Lipinski definition) is 0. The Hall–Kier alpha value is -0.300. The molecule has 0 N–H and O–H groups in total. The van der Waals surface area contributed by atoms with Crippen LogP contribution in [-0.2, 0) is 31.1 Å². The van der Waals surface area contributed by atoms with Crippen LogP contribution in [0.1, 0.15) is 100.0 Å². The van der Waals surface area contributed by atoms with Crippen molar-refractivity contribution in [2.75, 3.05) is 0 Å². The molecular formula is C22H33Br. The van der Waals surface area contributed by atoms with Gasteiger partial charge in [-0.1, -0.05) is 62.4 Å². The van der Waals surface area contributed by atoms with Crippen LogP contribution in [0.4, 0.5) is 0 Å². The summed E-state index contributed by atoms with van der Waals surface area (Å²) in [7, 11) is 0. The molecule has 2 aliphatic carbocycles. The number of rotatable bonds is 7. The Bertz CT molecular complexity index is 537. The van der Waals surface area contributed by atoms with Crippen LogP contribution >= 0.6 is 15.9 Å². The average Bonchev–Trinajstić information content (AvgIpc) is 3.21. The van der Waals surface area contributed by atoms with Crippen molar-refractivity contribution in [1.82, 2.24) is 0 Å². The fraction of sp³-hybridized carbons (Fsp3) is 0.727. The van der Waals surface area contributed by atoms with Crippen LogP contribution in [0.15, 0.2) is 4.47 Å². The third-order valence-electron chi connectivity index (χ3n) is 6.54. The molecule has 0 saturated carbocycles. The van der Waals surface area contributed by atoms with E-state index in [2.05, 4.69) is 36.7 Å². The Morgan fingerprint density at radius 3 is 1.91 bits per heavy atom. The first-order chi connectivity index (χ1) is 11.1. The van der Waals surface area contributed by atoms with E-state index in [0.29, 0.717) is 5.41 Å². The molecule has 0 spiro atoms. The maximum absolute atomic E-state index is 3.98. The Morgan fingerprint density at radius 2 is 1.39 bits per heavy atom. The van der Waals surface area contributed by atoms with Gasteiger partial charge in [0.05, 0.1) is 0 Å². The molecule has 0 saturated heterocycles. The van der Waals surface area contributed by atoms with E-state index in [4.69, 9.17) is 0 Å². The zero-order valence-corrected chi connectivity index (χ0v) is 16.9. The van der Waals surface area contributed by atoms with E-state index >= 15 is 0 Å². The van der Waals surface area contributed by atoms with Crippen molar-refractivity contribution in [2.45, 2.75) is 103 Å². The molecule has 0 amide bonds. The van der Waals surface area contributed by atoms with Crippen molar-refractivity contribution in [3.63, 3.8) is 0 Å². The summed E-state index contributed by atoms with van der Waals surface area (Å²) < 4.78 is 1.49. The minimum Gasteiger partial charge on any atom is -0.0654 e. The van der Waals surface area contributed by atoms with Gasteiger partial charge in [-0.2, -0.15) is 0 Å². The normalized spacial score (nSPS) is 18.8. The van der Waals surface area contributed by atoms with Gasteiger partial charge in [0.1, 0.15) is 0 Å². The number of benzene rings is 1. The van der Waals surface area contributed by atoms with Crippen molar-refractivity contribution in [1.29, 1.82) is 0 Å². The van der Waals surface area contributed by atoms with Crippen LogP contribution < -0.4 is 0 Å². The summed E-state index contributed by atoms with van der Waals surface area (Å²) in [6.45, 7) is 7.30. The summed E-state index contributed by atoms with van der Waals surface area (Å²) >= 11 is 3.98. The van der Waals surface area contributed by atoms with E-state index < -0.39 is 0 Å². The molecule has 3 rings (SSSR count). The highest BCUT2D eigenvalue weighted by Gasteiger charge is 2.35. The zero-order valence-electron chi connectivity index (χ0n) is 15.4. The van der Waals surface area contributed by atoms with Crippen LogP contribution in [-0.4, -0.2) is 0 Å². The summed E-state index contributed by atoms with van der Waals surface area (Å²) in [6.07, 6.45) is 16.2. The maximum atomic E-state index is 3.98. The quantitative estimate of drug-likeness (QED) is 0.446. The van der Waals surface area contributed by atoms with Crippen molar-refractivity contribution in [2.24, 2.45) is 0 Å². The topological polar surface area (TPSA) is 0 Å². The highest BCUT2D eigenvalue weighted by Crippen LogP contribution is 2.48. The molecule has 1 unspecified atom stereocenters. The molecule has 0 nitrogen and oxygen atoms in total. The van der Waals surface area contributed by atoms with Crippen LogP contribution in [0.25, 0.3) is 0 Å².